The van der Waals surface area contributed by atoms with Crippen LogP contribution in [0.2, 0.25) is 0 Å². The van der Waals surface area contributed by atoms with E-state index in [-0.39, 0.29) is 17.4 Å². The molecule has 0 heterocycles. The number of thiocarbonyl (C=S) groups is 1. The molecule has 0 aliphatic carbocycles. The van der Waals surface area contributed by atoms with Gasteiger partial charge in [-0.05, 0) is 48.0 Å². The van der Waals surface area contributed by atoms with Crippen molar-refractivity contribution in [2.24, 2.45) is 5.73 Å². The Morgan fingerprint density at radius 3 is 2.37 bits per heavy atom. The van der Waals surface area contributed by atoms with Crippen LogP contribution in [0.3, 0.4) is 0 Å². The number of benzene rings is 2. The number of ether oxygens (including phenoxy) is 1. The van der Waals surface area contributed by atoms with Crippen LogP contribution in [0.4, 0.5) is 8.78 Å². The number of hydrogen-bond acceptors (Lipinski definition) is 2. The standard InChI is InChI=1S/C14H11F2NOS/c15-11-1-3-13(4-2-11)18-8-9-5-10(14(17)19)7-12(16)6-9/h1-7H,8H2,(H2,17,19). The molecule has 2 aromatic carbocycles. The van der Waals surface area contributed by atoms with Crippen molar-refractivity contribution in [2.75, 3.05) is 0 Å². The lowest BCUT2D eigenvalue weighted by Gasteiger charge is -2.08. The minimum atomic E-state index is -0.428. The molecule has 0 atom stereocenters. The van der Waals surface area contributed by atoms with Gasteiger partial charge in [-0.25, -0.2) is 8.78 Å². The Hall–Kier alpha value is -2.01. The fourth-order valence-corrected chi connectivity index (χ4v) is 1.69. The second-order valence-electron chi connectivity index (χ2n) is 3.96. The van der Waals surface area contributed by atoms with Gasteiger partial charge < -0.3 is 10.5 Å². The third kappa shape index (κ3) is 3.72. The molecule has 0 aliphatic heterocycles. The molecule has 2 rings (SSSR count). The van der Waals surface area contributed by atoms with Gasteiger partial charge in [-0.3, -0.25) is 0 Å². The van der Waals surface area contributed by atoms with Crippen molar-refractivity contribution in [3.63, 3.8) is 0 Å². The summed E-state index contributed by atoms with van der Waals surface area (Å²) < 4.78 is 31.5. The zero-order valence-corrected chi connectivity index (χ0v) is 10.7. The molecule has 0 spiro atoms. The Bertz CT molecular complexity index is 599. The molecule has 0 saturated carbocycles. The summed E-state index contributed by atoms with van der Waals surface area (Å²) >= 11 is 4.80. The van der Waals surface area contributed by atoms with E-state index in [4.69, 9.17) is 22.7 Å². The fraction of sp³-hybridized carbons (Fsp3) is 0.0714. The number of nitrogens with two attached hydrogens (primary N) is 1. The molecule has 98 valence electrons. The Balaban J connectivity index is 2.11. The monoisotopic (exact) mass is 279 g/mol. The van der Waals surface area contributed by atoms with Crippen molar-refractivity contribution < 1.29 is 13.5 Å². The summed E-state index contributed by atoms with van der Waals surface area (Å²) in [5.74, 6) is -0.264. The first-order chi connectivity index (χ1) is 9.04. The molecule has 0 aliphatic rings. The molecular weight excluding hydrogens is 268 g/mol. The Labute approximate surface area is 114 Å². The van der Waals surface area contributed by atoms with Gasteiger partial charge in [0.15, 0.2) is 0 Å². The first-order valence-corrected chi connectivity index (χ1v) is 5.93. The van der Waals surface area contributed by atoms with E-state index in [1.54, 1.807) is 6.07 Å². The predicted molar refractivity (Wildman–Crippen MR) is 73.0 cm³/mol. The van der Waals surface area contributed by atoms with Crippen molar-refractivity contribution in [1.82, 2.24) is 0 Å². The molecule has 0 aromatic heterocycles. The lowest BCUT2D eigenvalue weighted by atomic mass is 10.1. The Kier molecular flexibility index (Phi) is 4.06. The topological polar surface area (TPSA) is 35.2 Å². The normalized spacial score (nSPS) is 10.2. The zero-order chi connectivity index (χ0) is 13.8. The Morgan fingerprint density at radius 2 is 1.74 bits per heavy atom. The molecule has 5 heteroatoms. The molecule has 0 fully saturated rings. The highest BCUT2D eigenvalue weighted by atomic mass is 32.1. The maximum absolute atomic E-state index is 13.3. The molecule has 0 amide bonds. The number of halogens is 2. The van der Waals surface area contributed by atoms with E-state index in [9.17, 15) is 8.78 Å². The average Bonchev–Trinajstić information content (AvgIpc) is 2.37. The van der Waals surface area contributed by atoms with Gasteiger partial charge in [0.05, 0.1) is 0 Å². The fourth-order valence-electron chi connectivity index (χ4n) is 1.57. The van der Waals surface area contributed by atoms with E-state index < -0.39 is 5.82 Å². The van der Waals surface area contributed by atoms with E-state index in [0.717, 1.165) is 0 Å². The molecule has 2 aromatic rings. The van der Waals surface area contributed by atoms with Crippen LogP contribution in [-0.2, 0) is 6.61 Å². The maximum Gasteiger partial charge on any atom is 0.124 e. The maximum atomic E-state index is 13.3. The first kappa shape index (κ1) is 13.4. The molecule has 19 heavy (non-hydrogen) atoms. The van der Waals surface area contributed by atoms with Gasteiger partial charge >= 0.3 is 0 Å². The molecular formula is C14H11F2NOS. The van der Waals surface area contributed by atoms with Gasteiger partial charge in [0, 0.05) is 5.56 Å². The summed E-state index contributed by atoms with van der Waals surface area (Å²) in [5.41, 5.74) is 6.51. The molecule has 0 saturated heterocycles. The smallest absolute Gasteiger partial charge is 0.124 e. The number of hydrogen-bond donors (Lipinski definition) is 1. The van der Waals surface area contributed by atoms with Crippen LogP contribution < -0.4 is 10.5 Å². The second-order valence-corrected chi connectivity index (χ2v) is 4.39. The van der Waals surface area contributed by atoms with Gasteiger partial charge in [0.25, 0.3) is 0 Å². The highest BCUT2D eigenvalue weighted by Crippen LogP contribution is 2.15. The van der Waals surface area contributed by atoms with Crippen LogP contribution in [-0.4, -0.2) is 4.99 Å². The second kappa shape index (κ2) is 5.75. The van der Waals surface area contributed by atoms with Crippen molar-refractivity contribution in [3.8, 4) is 5.75 Å². The van der Waals surface area contributed by atoms with Gasteiger partial charge in [-0.15, -0.1) is 0 Å². The van der Waals surface area contributed by atoms with Crippen LogP contribution in [0.15, 0.2) is 42.5 Å². The highest BCUT2D eigenvalue weighted by Gasteiger charge is 2.04. The first-order valence-electron chi connectivity index (χ1n) is 5.52. The van der Waals surface area contributed by atoms with Crippen molar-refractivity contribution in [1.29, 1.82) is 0 Å². The predicted octanol–water partition coefficient (Wildman–Crippen LogP) is 3.18. The SMILES string of the molecule is NC(=S)c1cc(F)cc(COc2ccc(F)cc2)c1. The quantitative estimate of drug-likeness (QED) is 0.873. The summed E-state index contributed by atoms with van der Waals surface area (Å²) in [6.07, 6.45) is 0. The molecule has 0 bridgehead atoms. The largest absolute Gasteiger partial charge is 0.489 e. The van der Waals surface area contributed by atoms with E-state index in [2.05, 4.69) is 0 Å². The van der Waals surface area contributed by atoms with Gasteiger partial charge in [-0.2, -0.15) is 0 Å². The summed E-state index contributed by atoms with van der Waals surface area (Å²) in [7, 11) is 0. The van der Waals surface area contributed by atoms with Crippen molar-refractivity contribution >= 4 is 17.2 Å². The van der Waals surface area contributed by atoms with Crippen LogP contribution in [0.25, 0.3) is 0 Å². The summed E-state index contributed by atoms with van der Waals surface area (Å²) in [5, 5.41) is 0. The van der Waals surface area contributed by atoms with E-state index in [1.165, 1.54) is 36.4 Å². The zero-order valence-electron chi connectivity index (χ0n) is 9.90. The Morgan fingerprint density at radius 1 is 1.05 bits per heavy atom. The third-order valence-electron chi connectivity index (χ3n) is 2.46. The van der Waals surface area contributed by atoms with Crippen LogP contribution in [0, 0.1) is 11.6 Å². The molecule has 2 N–H and O–H groups in total. The van der Waals surface area contributed by atoms with E-state index >= 15 is 0 Å². The van der Waals surface area contributed by atoms with Gasteiger partial charge in [0.2, 0.25) is 0 Å². The molecule has 2 nitrogen and oxygen atoms in total. The third-order valence-corrected chi connectivity index (χ3v) is 2.70. The van der Waals surface area contributed by atoms with E-state index in [1.807, 2.05) is 0 Å². The average molecular weight is 279 g/mol. The summed E-state index contributed by atoms with van der Waals surface area (Å²) in [6, 6.07) is 9.86. The summed E-state index contributed by atoms with van der Waals surface area (Å²) in [4.78, 5) is 0.127. The van der Waals surface area contributed by atoms with Crippen molar-refractivity contribution in [2.45, 2.75) is 6.61 Å². The lowest BCUT2D eigenvalue weighted by Crippen LogP contribution is -2.10. The summed E-state index contributed by atoms with van der Waals surface area (Å²) in [6.45, 7) is 0.152. The van der Waals surface area contributed by atoms with Crippen LogP contribution in [0.1, 0.15) is 11.1 Å². The minimum absolute atomic E-state index is 0.127. The molecule has 0 unspecified atom stereocenters. The van der Waals surface area contributed by atoms with Crippen LogP contribution >= 0.6 is 12.2 Å². The molecule has 0 radical (unpaired) electrons. The van der Waals surface area contributed by atoms with Gasteiger partial charge in [-0.1, -0.05) is 12.2 Å². The van der Waals surface area contributed by atoms with E-state index in [0.29, 0.717) is 16.9 Å². The van der Waals surface area contributed by atoms with Crippen LogP contribution in [0.5, 0.6) is 5.75 Å². The van der Waals surface area contributed by atoms with Crippen molar-refractivity contribution in [3.05, 3.63) is 65.2 Å². The minimum Gasteiger partial charge on any atom is -0.489 e. The van der Waals surface area contributed by atoms with Gasteiger partial charge in [0.1, 0.15) is 29.0 Å². The lowest BCUT2D eigenvalue weighted by molar-refractivity contribution is 0.305. The highest BCUT2D eigenvalue weighted by molar-refractivity contribution is 7.80. The number of rotatable bonds is 4.